The van der Waals surface area contributed by atoms with Gasteiger partial charge in [-0.3, -0.25) is 5.14 Å². The van der Waals surface area contributed by atoms with Crippen molar-refractivity contribution in [3.8, 4) is 0 Å². The second kappa shape index (κ2) is 4.58. The van der Waals surface area contributed by atoms with E-state index in [2.05, 4.69) is 23.8 Å². The molecule has 2 atom stereocenters. The van der Waals surface area contributed by atoms with Gasteiger partial charge in [0.05, 0.1) is 0 Å². The first-order valence-corrected chi connectivity index (χ1v) is 5.23. The summed E-state index contributed by atoms with van der Waals surface area (Å²) >= 11 is 1.35. The van der Waals surface area contributed by atoms with E-state index in [1.807, 2.05) is 19.3 Å². The summed E-state index contributed by atoms with van der Waals surface area (Å²) in [6.45, 7) is 6.16. The van der Waals surface area contributed by atoms with Gasteiger partial charge in [-0.2, -0.15) is 0 Å². The van der Waals surface area contributed by atoms with E-state index in [0.717, 1.165) is 11.4 Å². The number of nitrogens with two attached hydrogens (primary N) is 1. The highest BCUT2D eigenvalue weighted by Crippen LogP contribution is 2.21. The minimum atomic E-state index is 0.301. The van der Waals surface area contributed by atoms with Crippen LogP contribution in [0.2, 0.25) is 0 Å². The van der Waals surface area contributed by atoms with E-state index in [-0.39, 0.29) is 0 Å². The van der Waals surface area contributed by atoms with Gasteiger partial charge in [-0.15, -0.1) is 0 Å². The third-order valence-electron chi connectivity index (χ3n) is 2.13. The van der Waals surface area contributed by atoms with Crippen LogP contribution in [0.1, 0.15) is 31.2 Å². The third-order valence-corrected chi connectivity index (χ3v) is 2.96. The number of aryl methyl sites for hydroxylation is 1. The molecule has 2 unspecified atom stereocenters. The molecule has 0 aliphatic rings. The van der Waals surface area contributed by atoms with Crippen molar-refractivity contribution >= 4 is 11.9 Å². The minimum absolute atomic E-state index is 0.301. The standard InChI is InChI=1S/C9H15N3S/c1-6-4-11-9(12-5-6)7(2)8(3)13-10/h4-5,7-8H,10H2,1-3H3. The van der Waals surface area contributed by atoms with Crippen LogP contribution in [0.15, 0.2) is 12.4 Å². The van der Waals surface area contributed by atoms with Gasteiger partial charge in [-0.05, 0) is 12.5 Å². The van der Waals surface area contributed by atoms with Crippen LogP contribution in [-0.4, -0.2) is 15.2 Å². The van der Waals surface area contributed by atoms with Crippen LogP contribution in [0.5, 0.6) is 0 Å². The second-order valence-corrected chi connectivity index (χ2v) is 4.26. The molecule has 1 aromatic heterocycles. The SMILES string of the molecule is Cc1cnc(C(C)C(C)SN)nc1. The maximum absolute atomic E-state index is 5.50. The summed E-state index contributed by atoms with van der Waals surface area (Å²) in [6.07, 6.45) is 3.68. The first-order chi connectivity index (χ1) is 6.15. The van der Waals surface area contributed by atoms with Crippen LogP contribution in [0.25, 0.3) is 0 Å². The van der Waals surface area contributed by atoms with E-state index < -0.39 is 0 Å². The summed E-state index contributed by atoms with van der Waals surface area (Å²) in [4.78, 5) is 8.53. The Hall–Kier alpha value is -0.610. The smallest absolute Gasteiger partial charge is 0.132 e. The molecule has 1 aromatic rings. The lowest BCUT2D eigenvalue weighted by atomic mass is 10.1. The lowest BCUT2D eigenvalue weighted by Crippen LogP contribution is -2.13. The summed E-state index contributed by atoms with van der Waals surface area (Å²) in [5.74, 6) is 1.17. The van der Waals surface area contributed by atoms with Gasteiger partial charge in [0.15, 0.2) is 0 Å². The van der Waals surface area contributed by atoms with Crippen molar-refractivity contribution < 1.29 is 0 Å². The van der Waals surface area contributed by atoms with E-state index in [1.54, 1.807) is 0 Å². The third kappa shape index (κ3) is 2.67. The van der Waals surface area contributed by atoms with Crippen LogP contribution >= 0.6 is 11.9 Å². The molecule has 1 rings (SSSR count). The summed E-state index contributed by atoms with van der Waals surface area (Å²) in [5.41, 5.74) is 1.09. The highest BCUT2D eigenvalue weighted by atomic mass is 32.2. The number of nitrogens with zero attached hydrogens (tertiary/aromatic N) is 2. The number of hydrogen-bond donors (Lipinski definition) is 1. The fourth-order valence-corrected chi connectivity index (χ4v) is 1.32. The number of aromatic nitrogens is 2. The van der Waals surface area contributed by atoms with Crippen molar-refractivity contribution in [3.05, 3.63) is 23.8 Å². The average molecular weight is 197 g/mol. The quantitative estimate of drug-likeness (QED) is 0.752. The van der Waals surface area contributed by atoms with E-state index in [1.165, 1.54) is 11.9 Å². The Balaban J connectivity index is 2.77. The lowest BCUT2D eigenvalue weighted by molar-refractivity contribution is 0.691. The molecule has 1 heterocycles. The number of hydrogen-bond acceptors (Lipinski definition) is 4. The summed E-state index contributed by atoms with van der Waals surface area (Å²) in [5, 5.41) is 5.85. The molecule has 0 saturated carbocycles. The molecule has 0 aliphatic carbocycles. The molecule has 0 radical (unpaired) electrons. The van der Waals surface area contributed by atoms with Gasteiger partial charge in [0.25, 0.3) is 0 Å². The maximum atomic E-state index is 5.50. The normalized spacial score (nSPS) is 15.4. The summed E-state index contributed by atoms with van der Waals surface area (Å²) in [6, 6.07) is 0. The molecule has 0 aromatic carbocycles. The average Bonchev–Trinajstić information content (AvgIpc) is 2.17. The van der Waals surface area contributed by atoms with Gasteiger partial charge in [0, 0.05) is 23.6 Å². The van der Waals surface area contributed by atoms with Crippen LogP contribution < -0.4 is 5.14 Å². The Labute approximate surface area is 83.3 Å². The predicted octanol–water partition coefficient (Wildman–Crippen LogP) is 1.88. The fourth-order valence-electron chi connectivity index (χ4n) is 0.965. The summed E-state index contributed by atoms with van der Waals surface area (Å²) in [7, 11) is 0. The van der Waals surface area contributed by atoms with E-state index in [0.29, 0.717) is 11.2 Å². The molecule has 0 spiro atoms. The highest BCUT2D eigenvalue weighted by molar-refractivity contribution is 7.97. The van der Waals surface area contributed by atoms with Crippen molar-refractivity contribution in [3.63, 3.8) is 0 Å². The zero-order valence-corrected chi connectivity index (χ0v) is 9.01. The molecule has 0 aliphatic heterocycles. The van der Waals surface area contributed by atoms with Gasteiger partial charge in [-0.25, -0.2) is 9.97 Å². The molecule has 2 N–H and O–H groups in total. The zero-order valence-electron chi connectivity index (χ0n) is 8.19. The Kier molecular flexibility index (Phi) is 3.69. The zero-order chi connectivity index (χ0) is 9.84. The fraction of sp³-hybridized carbons (Fsp3) is 0.556. The van der Waals surface area contributed by atoms with Gasteiger partial charge in [0.2, 0.25) is 0 Å². The molecule has 4 heteroatoms. The highest BCUT2D eigenvalue weighted by Gasteiger charge is 2.15. The van der Waals surface area contributed by atoms with Crippen LogP contribution in [0.3, 0.4) is 0 Å². The van der Waals surface area contributed by atoms with E-state index in [4.69, 9.17) is 5.14 Å². The Morgan fingerprint density at radius 3 is 2.31 bits per heavy atom. The Morgan fingerprint density at radius 1 is 1.31 bits per heavy atom. The van der Waals surface area contributed by atoms with Crippen molar-refractivity contribution in [1.29, 1.82) is 0 Å². The molecular formula is C9H15N3S. The van der Waals surface area contributed by atoms with Gasteiger partial charge in [0.1, 0.15) is 5.82 Å². The monoisotopic (exact) mass is 197 g/mol. The molecule has 72 valence electrons. The molecule has 0 fully saturated rings. The van der Waals surface area contributed by atoms with E-state index >= 15 is 0 Å². The number of rotatable bonds is 3. The molecular weight excluding hydrogens is 182 g/mol. The molecule has 13 heavy (non-hydrogen) atoms. The molecule has 3 nitrogen and oxygen atoms in total. The molecule has 0 saturated heterocycles. The van der Waals surface area contributed by atoms with Gasteiger partial charge >= 0.3 is 0 Å². The van der Waals surface area contributed by atoms with E-state index in [9.17, 15) is 0 Å². The minimum Gasteiger partial charge on any atom is -0.278 e. The van der Waals surface area contributed by atoms with Gasteiger partial charge < -0.3 is 0 Å². The van der Waals surface area contributed by atoms with Crippen molar-refractivity contribution in [2.24, 2.45) is 5.14 Å². The molecule has 0 amide bonds. The molecule has 0 bridgehead atoms. The summed E-state index contributed by atoms with van der Waals surface area (Å²) < 4.78 is 0. The lowest BCUT2D eigenvalue weighted by Gasteiger charge is -2.15. The van der Waals surface area contributed by atoms with Crippen LogP contribution in [-0.2, 0) is 0 Å². The first-order valence-electron chi connectivity index (χ1n) is 4.29. The largest absolute Gasteiger partial charge is 0.278 e. The predicted molar refractivity (Wildman–Crippen MR) is 56.4 cm³/mol. The maximum Gasteiger partial charge on any atom is 0.132 e. The van der Waals surface area contributed by atoms with Crippen LogP contribution in [0.4, 0.5) is 0 Å². The van der Waals surface area contributed by atoms with Crippen LogP contribution in [0, 0.1) is 6.92 Å². The van der Waals surface area contributed by atoms with Crippen molar-refractivity contribution in [1.82, 2.24) is 9.97 Å². The van der Waals surface area contributed by atoms with Gasteiger partial charge in [-0.1, -0.05) is 25.8 Å². The Bertz CT molecular complexity index is 260. The van der Waals surface area contributed by atoms with Crippen molar-refractivity contribution in [2.75, 3.05) is 0 Å². The second-order valence-electron chi connectivity index (χ2n) is 3.25. The Morgan fingerprint density at radius 2 is 1.85 bits per heavy atom. The topological polar surface area (TPSA) is 51.8 Å². The first kappa shape index (κ1) is 10.5. The van der Waals surface area contributed by atoms with Crippen molar-refractivity contribution in [2.45, 2.75) is 31.9 Å².